The first-order valence-electron chi connectivity index (χ1n) is 6.68. The minimum atomic E-state index is -0.677. The lowest BCUT2D eigenvalue weighted by atomic mass is 10.3. The molecule has 0 aliphatic heterocycles. The van der Waals surface area contributed by atoms with E-state index in [0.29, 0.717) is 12.2 Å². The van der Waals surface area contributed by atoms with Crippen molar-refractivity contribution in [3.05, 3.63) is 42.2 Å². The van der Waals surface area contributed by atoms with E-state index >= 15 is 0 Å². The maximum atomic E-state index is 11.7. The number of thioether (sulfide) groups is 1. The van der Waals surface area contributed by atoms with Crippen LogP contribution in [0.4, 0.5) is 0 Å². The maximum absolute atomic E-state index is 11.7. The van der Waals surface area contributed by atoms with E-state index < -0.39 is 6.10 Å². The Morgan fingerprint density at radius 3 is 2.86 bits per heavy atom. The molecule has 2 N–H and O–H groups in total. The molecule has 0 bridgehead atoms. The molecule has 1 aromatic carbocycles. The van der Waals surface area contributed by atoms with Crippen molar-refractivity contribution in [2.24, 2.45) is 0 Å². The Morgan fingerprint density at radius 1 is 1.43 bits per heavy atom. The number of aliphatic hydroxyl groups excluding tert-OH is 1. The fourth-order valence-corrected chi connectivity index (χ4v) is 2.45. The van der Waals surface area contributed by atoms with Crippen molar-refractivity contribution in [1.29, 1.82) is 0 Å². The van der Waals surface area contributed by atoms with Crippen molar-refractivity contribution in [2.75, 3.05) is 12.3 Å². The first kappa shape index (κ1) is 15.5. The van der Waals surface area contributed by atoms with Gasteiger partial charge in [0.25, 0.3) is 0 Å². The quantitative estimate of drug-likeness (QED) is 0.594. The molecule has 0 saturated carbocycles. The molecule has 0 aliphatic rings. The minimum Gasteiger partial charge on any atom is -0.387 e. The van der Waals surface area contributed by atoms with Crippen molar-refractivity contribution in [1.82, 2.24) is 20.3 Å². The highest BCUT2D eigenvalue weighted by Crippen LogP contribution is 2.15. The summed E-state index contributed by atoms with van der Waals surface area (Å²) in [4.78, 5) is 12.9. The Labute approximate surface area is 127 Å². The molecule has 1 amide bonds. The molecular formula is C14H18N4O2S. The molecular weight excluding hydrogens is 288 g/mol. The highest BCUT2D eigenvalue weighted by molar-refractivity contribution is 7.99. The Hall–Kier alpha value is -1.86. The lowest BCUT2D eigenvalue weighted by Crippen LogP contribution is -2.29. The largest absolute Gasteiger partial charge is 0.387 e. The number of hydrogen-bond acceptors (Lipinski definition) is 5. The maximum Gasteiger partial charge on any atom is 0.241 e. The third-order valence-corrected chi connectivity index (χ3v) is 3.74. The van der Waals surface area contributed by atoms with Crippen LogP contribution >= 0.6 is 11.8 Å². The van der Waals surface area contributed by atoms with Gasteiger partial charge in [-0.25, -0.2) is 4.68 Å². The van der Waals surface area contributed by atoms with Gasteiger partial charge < -0.3 is 10.4 Å². The monoisotopic (exact) mass is 306 g/mol. The standard InChI is InChI=1S/C14H18N4O2S/c1-11(19)13-9-18(17-16-13)10-14(20)15-7-8-21-12-5-3-2-4-6-12/h2-6,9,11,19H,7-8,10H2,1H3,(H,15,20). The highest BCUT2D eigenvalue weighted by atomic mass is 32.2. The Kier molecular flexibility index (Phi) is 5.77. The van der Waals surface area contributed by atoms with Gasteiger partial charge in [0.15, 0.2) is 0 Å². The molecule has 2 rings (SSSR count). The number of aliphatic hydroxyl groups is 1. The highest BCUT2D eigenvalue weighted by Gasteiger charge is 2.08. The van der Waals surface area contributed by atoms with Crippen LogP contribution in [-0.2, 0) is 11.3 Å². The SMILES string of the molecule is CC(O)c1cn(CC(=O)NCCSc2ccccc2)nn1. The van der Waals surface area contributed by atoms with Crippen molar-refractivity contribution in [3.63, 3.8) is 0 Å². The summed E-state index contributed by atoms with van der Waals surface area (Å²) in [5.41, 5.74) is 0.461. The number of carbonyl (C=O) groups is 1. The van der Waals surface area contributed by atoms with E-state index in [9.17, 15) is 9.90 Å². The van der Waals surface area contributed by atoms with Crippen molar-refractivity contribution < 1.29 is 9.90 Å². The summed E-state index contributed by atoms with van der Waals surface area (Å²) in [5.74, 6) is 0.692. The van der Waals surface area contributed by atoms with Crippen LogP contribution in [-0.4, -0.2) is 38.3 Å². The summed E-state index contributed by atoms with van der Waals surface area (Å²) in [5, 5.41) is 19.7. The molecule has 112 valence electrons. The third kappa shape index (κ3) is 5.20. The second kappa shape index (κ2) is 7.80. The first-order valence-corrected chi connectivity index (χ1v) is 7.66. The van der Waals surface area contributed by atoms with E-state index in [2.05, 4.69) is 15.6 Å². The van der Waals surface area contributed by atoms with Gasteiger partial charge in [0.05, 0.1) is 12.3 Å². The number of rotatable bonds is 7. The molecule has 1 aromatic heterocycles. The fraction of sp³-hybridized carbons (Fsp3) is 0.357. The van der Waals surface area contributed by atoms with Crippen molar-refractivity contribution in [3.8, 4) is 0 Å². The van der Waals surface area contributed by atoms with Gasteiger partial charge in [-0.05, 0) is 19.1 Å². The Bertz CT molecular complexity index is 571. The van der Waals surface area contributed by atoms with E-state index in [1.165, 1.54) is 9.58 Å². The van der Waals surface area contributed by atoms with E-state index in [1.54, 1.807) is 24.9 Å². The minimum absolute atomic E-state index is 0.107. The fourth-order valence-electron chi connectivity index (χ4n) is 1.66. The molecule has 21 heavy (non-hydrogen) atoms. The topological polar surface area (TPSA) is 80.0 Å². The molecule has 0 radical (unpaired) electrons. The number of benzene rings is 1. The predicted octanol–water partition coefficient (Wildman–Crippen LogP) is 1.24. The van der Waals surface area contributed by atoms with Crippen LogP contribution in [0, 0.1) is 0 Å². The number of nitrogens with one attached hydrogen (secondary N) is 1. The van der Waals surface area contributed by atoms with Crippen LogP contribution in [0.2, 0.25) is 0 Å². The predicted molar refractivity (Wildman–Crippen MR) is 80.8 cm³/mol. The molecule has 0 aliphatic carbocycles. The summed E-state index contributed by atoms with van der Waals surface area (Å²) >= 11 is 1.69. The number of nitrogens with zero attached hydrogens (tertiary/aromatic N) is 3. The summed E-state index contributed by atoms with van der Waals surface area (Å²) < 4.78 is 1.42. The Morgan fingerprint density at radius 2 is 2.19 bits per heavy atom. The van der Waals surface area contributed by atoms with Crippen LogP contribution < -0.4 is 5.32 Å². The summed E-state index contributed by atoms with van der Waals surface area (Å²) in [6, 6.07) is 10.0. The third-order valence-electron chi connectivity index (χ3n) is 2.73. The van der Waals surface area contributed by atoms with Gasteiger partial charge in [0.2, 0.25) is 5.91 Å². The van der Waals surface area contributed by atoms with Crippen LogP contribution in [0.25, 0.3) is 0 Å². The lowest BCUT2D eigenvalue weighted by Gasteiger charge is -2.05. The molecule has 6 nitrogen and oxygen atoms in total. The molecule has 1 heterocycles. The zero-order valence-electron chi connectivity index (χ0n) is 11.8. The molecule has 0 spiro atoms. The van der Waals surface area contributed by atoms with Gasteiger partial charge in [-0.1, -0.05) is 23.4 Å². The van der Waals surface area contributed by atoms with Gasteiger partial charge in [-0.15, -0.1) is 16.9 Å². The summed E-state index contributed by atoms with van der Waals surface area (Å²) in [6.07, 6.45) is 0.896. The van der Waals surface area contributed by atoms with Crippen molar-refractivity contribution in [2.45, 2.75) is 24.5 Å². The van der Waals surface area contributed by atoms with Crippen LogP contribution in [0.1, 0.15) is 18.7 Å². The zero-order valence-corrected chi connectivity index (χ0v) is 12.6. The van der Waals surface area contributed by atoms with Gasteiger partial charge >= 0.3 is 0 Å². The smallest absolute Gasteiger partial charge is 0.241 e. The molecule has 7 heteroatoms. The van der Waals surface area contributed by atoms with Crippen LogP contribution in [0.3, 0.4) is 0 Å². The second-order valence-electron chi connectivity index (χ2n) is 4.53. The van der Waals surface area contributed by atoms with E-state index in [1.807, 2.05) is 30.3 Å². The van der Waals surface area contributed by atoms with Gasteiger partial charge in [-0.2, -0.15) is 0 Å². The van der Waals surface area contributed by atoms with Crippen LogP contribution in [0.5, 0.6) is 0 Å². The normalized spacial score (nSPS) is 12.1. The van der Waals surface area contributed by atoms with E-state index in [-0.39, 0.29) is 12.5 Å². The molecule has 0 fully saturated rings. The number of aromatic nitrogens is 3. The first-order chi connectivity index (χ1) is 10.1. The zero-order chi connectivity index (χ0) is 15.1. The average molecular weight is 306 g/mol. The average Bonchev–Trinajstić information content (AvgIpc) is 2.93. The van der Waals surface area contributed by atoms with Gasteiger partial charge in [-0.3, -0.25) is 4.79 Å². The van der Waals surface area contributed by atoms with E-state index in [0.717, 1.165) is 5.75 Å². The molecule has 0 saturated heterocycles. The Balaban J connectivity index is 1.67. The second-order valence-corrected chi connectivity index (χ2v) is 5.70. The van der Waals surface area contributed by atoms with Crippen molar-refractivity contribution >= 4 is 17.7 Å². The summed E-state index contributed by atoms with van der Waals surface area (Å²) in [6.45, 7) is 2.31. The summed E-state index contributed by atoms with van der Waals surface area (Å²) in [7, 11) is 0. The number of carbonyl (C=O) groups excluding carboxylic acids is 1. The number of amides is 1. The molecule has 2 aromatic rings. The lowest BCUT2D eigenvalue weighted by molar-refractivity contribution is -0.121. The van der Waals surface area contributed by atoms with Gasteiger partial charge in [0, 0.05) is 17.2 Å². The van der Waals surface area contributed by atoms with Crippen LogP contribution in [0.15, 0.2) is 41.4 Å². The van der Waals surface area contributed by atoms with E-state index in [4.69, 9.17) is 0 Å². The molecule has 1 unspecified atom stereocenters. The number of hydrogen-bond donors (Lipinski definition) is 2. The van der Waals surface area contributed by atoms with Gasteiger partial charge in [0.1, 0.15) is 12.2 Å². The molecule has 1 atom stereocenters.